The van der Waals surface area contributed by atoms with Crippen LogP contribution in [-0.2, 0) is 6.18 Å². The van der Waals surface area contributed by atoms with E-state index in [9.17, 15) is 18.0 Å². The molecule has 0 saturated carbocycles. The molecular formula is C17H9ClF3N5O2. The van der Waals surface area contributed by atoms with E-state index in [-0.39, 0.29) is 22.5 Å². The number of aromatic nitrogens is 5. The zero-order chi connectivity index (χ0) is 19.9. The van der Waals surface area contributed by atoms with E-state index in [1.165, 1.54) is 41.0 Å². The highest BCUT2D eigenvalue weighted by atomic mass is 35.5. The van der Waals surface area contributed by atoms with E-state index in [0.717, 1.165) is 12.1 Å². The lowest BCUT2D eigenvalue weighted by atomic mass is 10.0. The molecule has 28 heavy (non-hydrogen) atoms. The van der Waals surface area contributed by atoms with Crippen molar-refractivity contribution in [1.82, 2.24) is 24.8 Å². The number of halogens is 4. The number of alkyl halides is 3. The SMILES string of the molecule is O=c1ccc(-c2ccc(C(F)(F)F)cc2Oc2ccc3nnc(Cl)n3n2)c[nH]1. The minimum atomic E-state index is -4.56. The van der Waals surface area contributed by atoms with Crippen molar-refractivity contribution in [1.29, 1.82) is 0 Å². The van der Waals surface area contributed by atoms with Crippen LogP contribution in [0.4, 0.5) is 13.2 Å². The Morgan fingerprint density at radius 2 is 1.89 bits per heavy atom. The standard InChI is InChI=1S/C17H9ClF3N5O2/c18-16-24-23-13-4-6-15(25-26(13)16)28-12-7-10(17(19,20)21)2-3-11(12)9-1-5-14(27)22-8-9/h1-8H,(H,22,27). The molecule has 0 aliphatic carbocycles. The van der Waals surface area contributed by atoms with Crippen molar-refractivity contribution in [2.24, 2.45) is 0 Å². The average molecular weight is 408 g/mol. The molecule has 0 bridgehead atoms. The number of aromatic amines is 1. The van der Waals surface area contributed by atoms with Crippen LogP contribution < -0.4 is 10.3 Å². The van der Waals surface area contributed by atoms with E-state index in [0.29, 0.717) is 16.8 Å². The molecule has 0 unspecified atom stereocenters. The fraction of sp³-hybridized carbons (Fsp3) is 0.0588. The van der Waals surface area contributed by atoms with Crippen LogP contribution in [-0.4, -0.2) is 24.8 Å². The summed E-state index contributed by atoms with van der Waals surface area (Å²) in [6.45, 7) is 0. The summed E-state index contributed by atoms with van der Waals surface area (Å²) >= 11 is 5.86. The fourth-order valence-electron chi connectivity index (χ4n) is 2.51. The van der Waals surface area contributed by atoms with Gasteiger partial charge in [-0.2, -0.15) is 17.7 Å². The molecule has 1 N–H and O–H groups in total. The van der Waals surface area contributed by atoms with Crippen molar-refractivity contribution in [3.05, 3.63) is 69.9 Å². The maximum absolute atomic E-state index is 13.2. The van der Waals surface area contributed by atoms with Crippen molar-refractivity contribution in [2.45, 2.75) is 6.18 Å². The second-order valence-electron chi connectivity index (χ2n) is 5.66. The number of hydrogen-bond donors (Lipinski definition) is 1. The topological polar surface area (TPSA) is 85.2 Å². The van der Waals surface area contributed by atoms with Crippen LogP contribution in [0.5, 0.6) is 11.6 Å². The van der Waals surface area contributed by atoms with Crippen LogP contribution in [0, 0.1) is 0 Å². The highest BCUT2D eigenvalue weighted by molar-refractivity contribution is 6.28. The third-order valence-electron chi connectivity index (χ3n) is 3.82. The predicted octanol–water partition coefficient (Wildman–Crippen LogP) is 3.94. The Morgan fingerprint density at radius 3 is 2.61 bits per heavy atom. The van der Waals surface area contributed by atoms with Crippen LogP contribution in [0.15, 0.2) is 53.5 Å². The Balaban J connectivity index is 1.82. The number of pyridine rings is 1. The van der Waals surface area contributed by atoms with Gasteiger partial charge in [0.25, 0.3) is 0 Å². The molecule has 0 saturated heterocycles. The first-order chi connectivity index (χ1) is 13.3. The van der Waals surface area contributed by atoms with Crippen molar-refractivity contribution in [3.63, 3.8) is 0 Å². The zero-order valence-corrected chi connectivity index (χ0v) is 14.5. The van der Waals surface area contributed by atoms with Gasteiger partial charge in [-0.05, 0) is 41.9 Å². The molecule has 0 atom stereocenters. The van der Waals surface area contributed by atoms with Gasteiger partial charge in [-0.1, -0.05) is 0 Å². The van der Waals surface area contributed by atoms with Crippen molar-refractivity contribution < 1.29 is 17.9 Å². The quantitative estimate of drug-likeness (QED) is 0.556. The third-order valence-corrected chi connectivity index (χ3v) is 4.05. The van der Waals surface area contributed by atoms with Gasteiger partial charge in [0.15, 0.2) is 5.65 Å². The first kappa shape index (κ1) is 18.0. The van der Waals surface area contributed by atoms with Gasteiger partial charge in [0.1, 0.15) is 5.75 Å². The highest BCUT2D eigenvalue weighted by Crippen LogP contribution is 2.38. The van der Waals surface area contributed by atoms with Gasteiger partial charge in [0, 0.05) is 29.5 Å². The summed E-state index contributed by atoms with van der Waals surface area (Å²) in [5.41, 5.74) is -0.0819. The smallest absolute Gasteiger partial charge is 0.416 e. The van der Waals surface area contributed by atoms with Crippen molar-refractivity contribution in [3.8, 4) is 22.8 Å². The molecular weight excluding hydrogens is 399 g/mol. The maximum atomic E-state index is 13.2. The molecule has 1 aromatic carbocycles. The van der Waals surface area contributed by atoms with E-state index in [4.69, 9.17) is 16.3 Å². The van der Waals surface area contributed by atoms with Crippen LogP contribution >= 0.6 is 11.6 Å². The van der Waals surface area contributed by atoms with Gasteiger partial charge in [-0.15, -0.1) is 15.3 Å². The molecule has 4 rings (SSSR count). The second-order valence-corrected chi connectivity index (χ2v) is 6.00. The first-order valence-corrected chi connectivity index (χ1v) is 8.15. The maximum Gasteiger partial charge on any atom is 0.416 e. The lowest BCUT2D eigenvalue weighted by Crippen LogP contribution is -2.06. The summed E-state index contributed by atoms with van der Waals surface area (Å²) in [6, 6.07) is 8.72. The summed E-state index contributed by atoms with van der Waals surface area (Å²) in [5.74, 6) is -0.114. The minimum absolute atomic E-state index is 0.0146. The summed E-state index contributed by atoms with van der Waals surface area (Å²) in [7, 11) is 0. The average Bonchev–Trinajstić information content (AvgIpc) is 3.02. The number of fused-ring (bicyclic) bond motifs is 1. The largest absolute Gasteiger partial charge is 0.437 e. The number of rotatable bonds is 3. The molecule has 142 valence electrons. The highest BCUT2D eigenvalue weighted by Gasteiger charge is 2.31. The van der Waals surface area contributed by atoms with Crippen LogP contribution in [0.2, 0.25) is 5.28 Å². The fourth-order valence-corrected chi connectivity index (χ4v) is 2.67. The Morgan fingerprint density at radius 1 is 1.07 bits per heavy atom. The Kier molecular flexibility index (Phi) is 4.27. The number of benzene rings is 1. The Hall–Kier alpha value is -3.40. The summed E-state index contributed by atoms with van der Waals surface area (Å²) in [4.78, 5) is 13.7. The Bertz CT molecular complexity index is 1220. The summed E-state index contributed by atoms with van der Waals surface area (Å²) in [6.07, 6.45) is -3.18. The number of hydrogen-bond acceptors (Lipinski definition) is 5. The molecule has 11 heteroatoms. The normalized spacial score (nSPS) is 11.7. The van der Waals surface area contributed by atoms with Gasteiger partial charge in [0.2, 0.25) is 16.7 Å². The van der Waals surface area contributed by atoms with Crippen LogP contribution in [0.3, 0.4) is 0 Å². The molecule has 0 spiro atoms. The third kappa shape index (κ3) is 3.41. The molecule has 0 aliphatic rings. The van der Waals surface area contributed by atoms with Gasteiger partial charge in [0.05, 0.1) is 5.56 Å². The molecule has 0 aliphatic heterocycles. The number of H-pyrrole nitrogens is 1. The van der Waals surface area contributed by atoms with E-state index in [2.05, 4.69) is 20.3 Å². The molecule has 3 heterocycles. The van der Waals surface area contributed by atoms with E-state index >= 15 is 0 Å². The van der Waals surface area contributed by atoms with Gasteiger partial charge < -0.3 is 9.72 Å². The van der Waals surface area contributed by atoms with Crippen molar-refractivity contribution in [2.75, 3.05) is 0 Å². The molecule has 3 aromatic heterocycles. The van der Waals surface area contributed by atoms with Crippen LogP contribution in [0.25, 0.3) is 16.8 Å². The summed E-state index contributed by atoms with van der Waals surface area (Å²) < 4.78 is 46.3. The zero-order valence-electron chi connectivity index (χ0n) is 13.7. The van der Waals surface area contributed by atoms with E-state index in [1.807, 2.05) is 0 Å². The Labute approximate surface area is 159 Å². The molecule has 0 fully saturated rings. The number of nitrogens with one attached hydrogen (secondary N) is 1. The monoisotopic (exact) mass is 407 g/mol. The van der Waals surface area contributed by atoms with E-state index < -0.39 is 11.7 Å². The predicted molar refractivity (Wildman–Crippen MR) is 93.4 cm³/mol. The first-order valence-electron chi connectivity index (χ1n) is 7.77. The van der Waals surface area contributed by atoms with Crippen molar-refractivity contribution >= 4 is 17.2 Å². The lowest BCUT2D eigenvalue weighted by Gasteiger charge is -2.14. The molecule has 4 aromatic rings. The summed E-state index contributed by atoms with van der Waals surface area (Å²) in [5, 5.41) is 11.5. The molecule has 7 nitrogen and oxygen atoms in total. The van der Waals surface area contributed by atoms with Gasteiger partial charge >= 0.3 is 6.18 Å². The molecule has 0 amide bonds. The van der Waals surface area contributed by atoms with Crippen LogP contribution in [0.1, 0.15) is 5.56 Å². The van der Waals surface area contributed by atoms with Gasteiger partial charge in [-0.25, -0.2) is 0 Å². The number of ether oxygens (including phenoxy) is 1. The number of nitrogens with zero attached hydrogens (tertiary/aromatic N) is 4. The lowest BCUT2D eigenvalue weighted by molar-refractivity contribution is -0.137. The molecule has 0 radical (unpaired) electrons. The second kappa shape index (κ2) is 6.64. The van der Waals surface area contributed by atoms with Gasteiger partial charge in [-0.3, -0.25) is 4.79 Å². The van der Waals surface area contributed by atoms with E-state index in [1.54, 1.807) is 0 Å². The minimum Gasteiger partial charge on any atom is -0.437 e.